The van der Waals surface area contributed by atoms with Crippen LogP contribution in [0.1, 0.15) is 19.8 Å². The Hall–Kier alpha value is 0.217. The van der Waals surface area contributed by atoms with Crippen LogP contribution < -0.4 is 0 Å². The Morgan fingerprint density at radius 1 is 1.29 bits per heavy atom. The van der Waals surface area contributed by atoms with Crippen molar-refractivity contribution in [3.05, 3.63) is 0 Å². The van der Waals surface area contributed by atoms with Gasteiger partial charge in [0.1, 0.15) is 0 Å². The Morgan fingerprint density at radius 3 is 2.00 bits per heavy atom. The largest absolute Gasteiger partial charge is 0.307 e. The third-order valence-corrected chi connectivity index (χ3v) is 2.38. The monoisotopic (exact) mass is 115 g/mol. The maximum atomic E-state index is 2.38. The van der Waals surface area contributed by atoms with Gasteiger partial charge in [-0.3, -0.25) is 0 Å². The molecule has 0 amide bonds. The molecule has 1 heteroatoms. The van der Waals surface area contributed by atoms with Crippen LogP contribution in [0.5, 0.6) is 0 Å². The first-order valence-electron chi connectivity index (χ1n) is 3.06. The molecule has 0 unspecified atom stereocenters. The van der Waals surface area contributed by atoms with Crippen LogP contribution in [0.15, 0.2) is 0 Å². The molecule has 0 bridgehead atoms. The van der Waals surface area contributed by atoms with Gasteiger partial charge in [0.15, 0.2) is 0 Å². The fourth-order valence-corrected chi connectivity index (χ4v) is 1.59. The van der Waals surface area contributed by atoms with Crippen molar-refractivity contribution in [2.75, 3.05) is 0 Å². The summed E-state index contributed by atoms with van der Waals surface area (Å²) >= 11 is 0. The Bertz CT molecular complexity index is 33.2. The predicted molar refractivity (Wildman–Crippen MR) is 37.2 cm³/mol. The van der Waals surface area contributed by atoms with Crippen molar-refractivity contribution in [3.63, 3.8) is 0 Å². The predicted octanol–water partition coefficient (Wildman–Crippen LogP) is 2.54. The summed E-state index contributed by atoms with van der Waals surface area (Å²) in [6.07, 6.45) is 2.82. The highest BCUT2D eigenvalue weighted by Crippen LogP contribution is 1.98. The van der Waals surface area contributed by atoms with E-state index >= 15 is 0 Å². The SMILES string of the molecule is CCCC[Si+](C)C. The lowest BCUT2D eigenvalue weighted by Crippen LogP contribution is -1.96. The molecule has 0 aromatic rings. The van der Waals surface area contributed by atoms with Crippen molar-refractivity contribution in [2.24, 2.45) is 0 Å². The van der Waals surface area contributed by atoms with Crippen LogP contribution in [0.2, 0.25) is 19.1 Å². The second-order valence-corrected chi connectivity index (χ2v) is 5.22. The van der Waals surface area contributed by atoms with E-state index in [9.17, 15) is 0 Å². The van der Waals surface area contributed by atoms with Crippen molar-refractivity contribution < 1.29 is 0 Å². The van der Waals surface area contributed by atoms with E-state index in [0.717, 1.165) is 0 Å². The van der Waals surface area contributed by atoms with E-state index in [0.29, 0.717) is 0 Å². The van der Waals surface area contributed by atoms with E-state index in [1.165, 1.54) is 18.9 Å². The maximum absolute atomic E-state index is 2.38. The standard InChI is InChI=1S/C6H15Si/c1-4-5-6-7(2)3/h4-6H2,1-3H3/q+1. The molecule has 0 rings (SSSR count). The van der Waals surface area contributed by atoms with Crippen molar-refractivity contribution in [1.29, 1.82) is 0 Å². The fourth-order valence-electron chi connectivity index (χ4n) is 0.530. The summed E-state index contributed by atoms with van der Waals surface area (Å²) in [7, 11) is 0.103. The first kappa shape index (κ1) is 7.22. The Labute approximate surface area is 48.5 Å². The molecule has 0 N–H and O–H groups in total. The Kier molecular flexibility index (Phi) is 4.51. The molecule has 0 saturated carbocycles. The van der Waals surface area contributed by atoms with Crippen molar-refractivity contribution in [1.82, 2.24) is 0 Å². The summed E-state index contributed by atoms with van der Waals surface area (Å²) in [5.41, 5.74) is 0. The quantitative estimate of drug-likeness (QED) is 0.496. The summed E-state index contributed by atoms with van der Waals surface area (Å²) < 4.78 is 0. The van der Waals surface area contributed by atoms with Crippen LogP contribution in [0.4, 0.5) is 0 Å². The van der Waals surface area contributed by atoms with Crippen LogP contribution in [0.25, 0.3) is 0 Å². The molecule has 0 heterocycles. The van der Waals surface area contributed by atoms with Gasteiger partial charge in [-0.15, -0.1) is 0 Å². The van der Waals surface area contributed by atoms with Gasteiger partial charge in [0.25, 0.3) is 0 Å². The van der Waals surface area contributed by atoms with Gasteiger partial charge in [0.05, 0.1) is 19.1 Å². The lowest BCUT2D eigenvalue weighted by atomic mass is 10.4. The highest BCUT2D eigenvalue weighted by molar-refractivity contribution is 6.55. The van der Waals surface area contributed by atoms with Gasteiger partial charge in [0.2, 0.25) is 0 Å². The van der Waals surface area contributed by atoms with Crippen LogP contribution in [-0.4, -0.2) is 8.80 Å². The first-order chi connectivity index (χ1) is 3.27. The highest BCUT2D eigenvalue weighted by atomic mass is 28.3. The van der Waals surface area contributed by atoms with Crippen molar-refractivity contribution >= 4 is 8.80 Å². The minimum absolute atomic E-state index is 0.103. The van der Waals surface area contributed by atoms with Gasteiger partial charge in [-0.25, -0.2) is 0 Å². The molecule has 0 aliphatic heterocycles. The zero-order valence-electron chi connectivity index (χ0n) is 5.62. The van der Waals surface area contributed by atoms with Gasteiger partial charge < -0.3 is 0 Å². The van der Waals surface area contributed by atoms with Gasteiger partial charge in [-0.2, -0.15) is 0 Å². The van der Waals surface area contributed by atoms with Crippen molar-refractivity contribution in [2.45, 2.75) is 38.9 Å². The summed E-state index contributed by atoms with van der Waals surface area (Å²) in [5, 5.41) is 0. The molecular weight excluding hydrogens is 100 g/mol. The van der Waals surface area contributed by atoms with E-state index < -0.39 is 0 Å². The lowest BCUT2D eigenvalue weighted by Gasteiger charge is -1.84. The van der Waals surface area contributed by atoms with Crippen LogP contribution >= 0.6 is 0 Å². The average molecular weight is 115 g/mol. The molecule has 0 aliphatic carbocycles. The smallest absolute Gasteiger partial charge is 0.0653 e. The number of hydrogen-bond donors (Lipinski definition) is 0. The minimum Gasteiger partial charge on any atom is -0.0653 e. The van der Waals surface area contributed by atoms with E-state index in [4.69, 9.17) is 0 Å². The topological polar surface area (TPSA) is 0 Å². The lowest BCUT2D eigenvalue weighted by molar-refractivity contribution is 0.875. The molecule has 0 aliphatic rings. The molecule has 42 valence electrons. The molecule has 7 heavy (non-hydrogen) atoms. The summed E-state index contributed by atoms with van der Waals surface area (Å²) in [6.45, 7) is 7.01. The first-order valence-corrected chi connectivity index (χ1v) is 5.77. The molecule has 0 saturated heterocycles. The molecular formula is C6H15Si+. The van der Waals surface area contributed by atoms with Gasteiger partial charge in [-0.1, -0.05) is 13.3 Å². The molecule has 0 radical (unpaired) electrons. The number of hydrogen-bond acceptors (Lipinski definition) is 0. The summed E-state index contributed by atoms with van der Waals surface area (Å²) in [4.78, 5) is 0. The second kappa shape index (κ2) is 4.38. The second-order valence-electron chi connectivity index (χ2n) is 2.31. The zero-order valence-corrected chi connectivity index (χ0v) is 6.62. The minimum atomic E-state index is 0.103. The van der Waals surface area contributed by atoms with E-state index in [1.807, 2.05) is 0 Å². The van der Waals surface area contributed by atoms with E-state index in [2.05, 4.69) is 20.0 Å². The molecule has 0 aromatic carbocycles. The van der Waals surface area contributed by atoms with Gasteiger partial charge in [-0.05, 0) is 6.42 Å². The Morgan fingerprint density at radius 2 is 1.86 bits per heavy atom. The highest BCUT2D eigenvalue weighted by Gasteiger charge is 2.07. The van der Waals surface area contributed by atoms with E-state index in [-0.39, 0.29) is 8.80 Å². The molecule has 0 spiro atoms. The third-order valence-electron chi connectivity index (χ3n) is 1.03. The zero-order chi connectivity index (χ0) is 5.70. The Balaban J connectivity index is 2.68. The van der Waals surface area contributed by atoms with Gasteiger partial charge >= 0.3 is 8.80 Å². The molecule has 0 aromatic heterocycles. The normalized spacial score (nSPS) is 9.00. The van der Waals surface area contributed by atoms with Crippen molar-refractivity contribution in [3.8, 4) is 0 Å². The molecule has 0 atom stereocenters. The van der Waals surface area contributed by atoms with Crippen LogP contribution in [0, 0.1) is 0 Å². The number of unbranched alkanes of at least 4 members (excludes halogenated alkanes) is 1. The molecule has 0 nitrogen and oxygen atoms in total. The molecule has 0 fully saturated rings. The maximum Gasteiger partial charge on any atom is 0.307 e. The van der Waals surface area contributed by atoms with Gasteiger partial charge in [0, 0.05) is 0 Å². The van der Waals surface area contributed by atoms with E-state index in [1.54, 1.807) is 0 Å². The average Bonchev–Trinajstić information content (AvgIpc) is 1.61. The summed E-state index contributed by atoms with van der Waals surface area (Å²) in [5.74, 6) is 0. The fraction of sp³-hybridized carbons (Fsp3) is 1.00. The van der Waals surface area contributed by atoms with Crippen LogP contribution in [-0.2, 0) is 0 Å². The summed E-state index contributed by atoms with van der Waals surface area (Å²) in [6, 6.07) is 1.50. The third kappa shape index (κ3) is 6.22. The van der Waals surface area contributed by atoms with Crippen LogP contribution in [0.3, 0.4) is 0 Å². The number of rotatable bonds is 3.